The molecule has 0 N–H and O–H groups in total. The molecule has 0 aliphatic heterocycles. The van der Waals surface area contributed by atoms with E-state index in [1.807, 2.05) is 0 Å². The van der Waals surface area contributed by atoms with Crippen LogP contribution >= 0.6 is 0 Å². The third kappa shape index (κ3) is 3.91. The fraction of sp³-hybridized carbons (Fsp3) is 0.273. The lowest BCUT2D eigenvalue weighted by Crippen LogP contribution is -2.45. The maximum absolute atomic E-state index is 14.0. The summed E-state index contributed by atoms with van der Waals surface area (Å²) >= 11 is 0. The van der Waals surface area contributed by atoms with Gasteiger partial charge in [-0.2, -0.15) is 26.3 Å². The second-order valence-corrected chi connectivity index (χ2v) is 6.93. The van der Waals surface area contributed by atoms with E-state index in [0.717, 1.165) is 13.8 Å². The van der Waals surface area contributed by atoms with E-state index in [0.29, 0.717) is 0 Å². The maximum atomic E-state index is 14.0. The molecule has 0 heterocycles. The van der Waals surface area contributed by atoms with Gasteiger partial charge in [-0.1, -0.05) is 73.8 Å². The van der Waals surface area contributed by atoms with E-state index in [2.05, 4.69) is 13.2 Å². The largest absolute Gasteiger partial charge is 0.465 e. The zero-order valence-corrected chi connectivity index (χ0v) is 15.9. The molecule has 2 rings (SSSR count). The summed E-state index contributed by atoms with van der Waals surface area (Å²) in [7, 11) is 0. The molecular weight excluding hydrogens is 394 g/mol. The van der Waals surface area contributed by atoms with Crippen LogP contribution in [0.15, 0.2) is 85.3 Å². The van der Waals surface area contributed by atoms with Crippen LogP contribution in [0.25, 0.3) is 0 Å². The number of hydrogen-bond acceptors (Lipinski definition) is 1. The predicted octanol–water partition coefficient (Wildman–Crippen LogP) is 7.07. The van der Waals surface area contributed by atoms with Crippen molar-refractivity contribution in [2.24, 2.45) is 0 Å². The van der Waals surface area contributed by atoms with Crippen LogP contribution in [-0.2, 0) is 15.6 Å². The van der Waals surface area contributed by atoms with E-state index in [-0.39, 0.29) is 11.1 Å². The zero-order chi connectivity index (χ0) is 22.1. The van der Waals surface area contributed by atoms with Crippen LogP contribution in [0.4, 0.5) is 26.3 Å². The molecule has 2 unspecified atom stereocenters. The highest BCUT2D eigenvalue weighted by molar-refractivity contribution is 5.38. The van der Waals surface area contributed by atoms with Crippen molar-refractivity contribution in [3.63, 3.8) is 0 Å². The Kier molecular flexibility index (Phi) is 5.93. The lowest BCUT2D eigenvalue weighted by Gasteiger charge is -2.38. The van der Waals surface area contributed by atoms with Crippen LogP contribution in [0.1, 0.15) is 25.0 Å². The Morgan fingerprint density at radius 3 is 1.14 bits per heavy atom. The van der Waals surface area contributed by atoms with Crippen LogP contribution in [-0.4, -0.2) is 12.4 Å². The van der Waals surface area contributed by atoms with Crippen molar-refractivity contribution in [2.45, 2.75) is 37.0 Å². The van der Waals surface area contributed by atoms with Crippen molar-refractivity contribution in [1.82, 2.24) is 0 Å². The first kappa shape index (κ1) is 22.6. The summed E-state index contributed by atoms with van der Waals surface area (Å²) in [6.07, 6.45) is -9.74. The molecule has 2 atom stereocenters. The molecule has 0 aromatic heterocycles. The quantitative estimate of drug-likeness (QED) is 0.363. The molecule has 29 heavy (non-hydrogen) atoms. The molecule has 0 spiro atoms. The number of halogens is 6. The minimum Gasteiger partial charge on any atom is -0.465 e. The SMILES string of the molecule is C=C(OC(=C)C(C)(c1ccccc1)C(F)(F)F)C(C)(c1ccccc1)C(F)(F)F. The van der Waals surface area contributed by atoms with Crippen LogP contribution in [0.3, 0.4) is 0 Å². The van der Waals surface area contributed by atoms with Gasteiger partial charge in [0.25, 0.3) is 0 Å². The van der Waals surface area contributed by atoms with Crippen molar-refractivity contribution in [2.75, 3.05) is 0 Å². The van der Waals surface area contributed by atoms with Crippen molar-refractivity contribution in [1.29, 1.82) is 0 Å². The number of hydrogen-bond donors (Lipinski definition) is 0. The second-order valence-electron chi connectivity index (χ2n) is 6.93. The van der Waals surface area contributed by atoms with Gasteiger partial charge >= 0.3 is 12.4 Å². The number of benzene rings is 2. The highest BCUT2D eigenvalue weighted by Crippen LogP contribution is 2.50. The number of ether oxygens (including phenoxy) is 1. The van der Waals surface area contributed by atoms with Gasteiger partial charge in [0.05, 0.1) is 0 Å². The Morgan fingerprint density at radius 2 is 0.897 bits per heavy atom. The molecule has 0 aliphatic carbocycles. The van der Waals surface area contributed by atoms with E-state index in [9.17, 15) is 26.3 Å². The molecule has 2 aromatic carbocycles. The molecule has 0 aliphatic rings. The summed E-state index contributed by atoms with van der Waals surface area (Å²) in [5.41, 5.74) is -5.89. The fourth-order valence-electron chi connectivity index (χ4n) is 2.86. The molecule has 0 amide bonds. The van der Waals surface area contributed by atoms with Gasteiger partial charge in [-0.05, 0) is 25.0 Å². The molecule has 7 heteroatoms. The molecule has 0 saturated carbocycles. The fourth-order valence-corrected chi connectivity index (χ4v) is 2.86. The van der Waals surface area contributed by atoms with Crippen LogP contribution < -0.4 is 0 Å². The predicted molar refractivity (Wildman–Crippen MR) is 99.1 cm³/mol. The lowest BCUT2D eigenvalue weighted by molar-refractivity contribution is -0.193. The van der Waals surface area contributed by atoms with E-state index in [1.165, 1.54) is 60.7 Å². The maximum Gasteiger partial charge on any atom is 0.405 e. The third-order valence-corrected chi connectivity index (χ3v) is 5.20. The average molecular weight is 414 g/mol. The zero-order valence-electron chi connectivity index (χ0n) is 15.9. The Balaban J connectivity index is 2.49. The van der Waals surface area contributed by atoms with E-state index in [4.69, 9.17) is 4.74 Å². The summed E-state index contributed by atoms with van der Waals surface area (Å²) in [6, 6.07) is 13.5. The topological polar surface area (TPSA) is 9.23 Å². The van der Waals surface area contributed by atoms with Crippen LogP contribution in [0, 0.1) is 0 Å². The van der Waals surface area contributed by atoms with Gasteiger partial charge in [0.2, 0.25) is 0 Å². The monoisotopic (exact) mass is 414 g/mol. The van der Waals surface area contributed by atoms with Gasteiger partial charge in [0.15, 0.2) is 0 Å². The Hall–Kier alpha value is -2.70. The van der Waals surface area contributed by atoms with Crippen LogP contribution in [0.2, 0.25) is 0 Å². The standard InChI is InChI=1S/C22H20F6O/c1-15(19(3,21(23,24)25)17-11-7-5-8-12-17)29-16(2)20(4,22(26,27)28)18-13-9-6-10-14-18/h5-14H,1-2H2,3-4H3. The molecule has 2 aromatic rings. The summed E-state index contributed by atoms with van der Waals surface area (Å²) in [5, 5.41) is 0. The molecule has 0 bridgehead atoms. The van der Waals surface area contributed by atoms with Gasteiger partial charge < -0.3 is 4.74 Å². The highest BCUT2D eigenvalue weighted by Gasteiger charge is 2.59. The second kappa shape index (κ2) is 7.61. The first-order chi connectivity index (χ1) is 13.3. The number of alkyl halides is 6. The Bertz CT molecular complexity index is 796. The minimum atomic E-state index is -4.87. The van der Waals surface area contributed by atoms with Gasteiger partial charge in [0.1, 0.15) is 22.3 Å². The Labute approximate surface area is 165 Å². The van der Waals surface area contributed by atoms with E-state index >= 15 is 0 Å². The number of allylic oxidation sites excluding steroid dienone is 2. The number of rotatable bonds is 6. The van der Waals surface area contributed by atoms with Crippen molar-refractivity contribution < 1.29 is 31.1 Å². The molecule has 1 nitrogen and oxygen atoms in total. The van der Waals surface area contributed by atoms with Crippen LogP contribution in [0.5, 0.6) is 0 Å². The molecule has 0 radical (unpaired) electrons. The van der Waals surface area contributed by atoms with Gasteiger partial charge in [-0.15, -0.1) is 0 Å². The smallest absolute Gasteiger partial charge is 0.405 e. The van der Waals surface area contributed by atoms with Gasteiger partial charge in [-0.3, -0.25) is 0 Å². The minimum absolute atomic E-state index is 0.210. The third-order valence-electron chi connectivity index (χ3n) is 5.20. The van der Waals surface area contributed by atoms with Crippen molar-refractivity contribution in [3.8, 4) is 0 Å². The van der Waals surface area contributed by atoms with Crippen molar-refractivity contribution >= 4 is 0 Å². The average Bonchev–Trinajstić information content (AvgIpc) is 2.66. The molecule has 0 fully saturated rings. The highest BCUT2D eigenvalue weighted by atomic mass is 19.4. The summed E-state index contributed by atoms with van der Waals surface area (Å²) in [6.45, 7) is 8.28. The van der Waals surface area contributed by atoms with Gasteiger partial charge in [0, 0.05) is 0 Å². The summed E-state index contributed by atoms with van der Waals surface area (Å²) in [4.78, 5) is 0. The molecule has 156 valence electrons. The first-order valence-electron chi connectivity index (χ1n) is 8.57. The Morgan fingerprint density at radius 1 is 0.621 bits per heavy atom. The molecule has 0 saturated heterocycles. The first-order valence-corrected chi connectivity index (χ1v) is 8.57. The normalized spacial score (nSPS) is 16.4. The van der Waals surface area contributed by atoms with Gasteiger partial charge in [-0.25, -0.2) is 0 Å². The molecular formula is C22H20F6O. The lowest BCUT2D eigenvalue weighted by atomic mass is 9.78. The van der Waals surface area contributed by atoms with E-state index < -0.39 is 34.7 Å². The summed E-state index contributed by atoms with van der Waals surface area (Å²) in [5.74, 6) is -1.79. The van der Waals surface area contributed by atoms with E-state index in [1.54, 1.807) is 0 Å². The van der Waals surface area contributed by atoms with Crippen molar-refractivity contribution in [3.05, 3.63) is 96.5 Å². The summed E-state index contributed by atoms with van der Waals surface area (Å²) < 4.78 is 88.8.